The summed E-state index contributed by atoms with van der Waals surface area (Å²) in [7, 11) is 0. The first-order valence-electron chi connectivity index (χ1n) is 8.29. The fourth-order valence-electron chi connectivity index (χ4n) is 3.16. The molecule has 24 heavy (non-hydrogen) atoms. The normalized spacial score (nSPS) is 28.5. The number of carbonyl (C=O) groups is 2. The molecular formula is C17H23F3O3S. The van der Waals surface area contributed by atoms with Gasteiger partial charge in [0.1, 0.15) is 0 Å². The molecule has 0 aromatic rings. The highest BCUT2D eigenvalue weighted by molar-refractivity contribution is 7.99. The summed E-state index contributed by atoms with van der Waals surface area (Å²) >= 11 is 1.28. The summed E-state index contributed by atoms with van der Waals surface area (Å²) in [4.78, 5) is 25.2. The molecule has 0 radical (unpaired) electrons. The number of hydrogen-bond donors (Lipinski definition) is 0. The maximum absolute atomic E-state index is 13.0. The summed E-state index contributed by atoms with van der Waals surface area (Å²) in [6.45, 7) is 2.08. The van der Waals surface area contributed by atoms with Crippen LogP contribution in [0.5, 0.6) is 0 Å². The van der Waals surface area contributed by atoms with Crippen LogP contribution in [0, 0.1) is 17.8 Å². The zero-order chi connectivity index (χ0) is 17.9. The van der Waals surface area contributed by atoms with E-state index < -0.39 is 23.3 Å². The first-order valence-corrected chi connectivity index (χ1v) is 9.58. The van der Waals surface area contributed by atoms with Crippen molar-refractivity contribution < 1.29 is 27.5 Å². The largest absolute Gasteiger partial charge is 0.501 e. The van der Waals surface area contributed by atoms with Crippen molar-refractivity contribution in [1.29, 1.82) is 0 Å². The van der Waals surface area contributed by atoms with Crippen LogP contribution >= 0.6 is 11.8 Å². The lowest BCUT2D eigenvalue weighted by atomic mass is 9.77. The number of thioether (sulfide) groups is 1. The molecule has 2 rings (SSSR count). The number of carbonyl (C=O) groups excluding carboxylic acids is 2. The van der Waals surface area contributed by atoms with Crippen LogP contribution in [0.1, 0.15) is 39.0 Å². The predicted octanol–water partition coefficient (Wildman–Crippen LogP) is 4.17. The number of Topliss-reactive ketones (excluding diaryl/α,β-unsaturated/α-hetero) is 2. The molecule has 3 nitrogen and oxygen atoms in total. The molecule has 7 heteroatoms. The number of rotatable bonds is 7. The van der Waals surface area contributed by atoms with Gasteiger partial charge in [-0.3, -0.25) is 9.59 Å². The predicted molar refractivity (Wildman–Crippen MR) is 86.6 cm³/mol. The molecule has 0 bridgehead atoms. The van der Waals surface area contributed by atoms with Crippen molar-refractivity contribution >= 4 is 23.3 Å². The van der Waals surface area contributed by atoms with Crippen molar-refractivity contribution in [2.24, 2.45) is 17.8 Å². The summed E-state index contributed by atoms with van der Waals surface area (Å²) < 4.78 is 44.1. The molecule has 2 aliphatic carbocycles. The van der Waals surface area contributed by atoms with Crippen LogP contribution in [0.3, 0.4) is 0 Å². The molecule has 2 fully saturated rings. The molecule has 3 unspecified atom stereocenters. The summed E-state index contributed by atoms with van der Waals surface area (Å²) in [5, 5.41) is -0.421. The minimum Gasteiger partial charge on any atom is -0.501 e. The summed E-state index contributed by atoms with van der Waals surface area (Å²) in [6, 6.07) is 0. The SMILES string of the molecule is CCOC=C(C(=O)C1CC1)C(=O)C1CCC(C(F)(F)F)CC1SC. The Morgan fingerprint density at radius 1 is 1.17 bits per heavy atom. The molecule has 3 atom stereocenters. The first-order chi connectivity index (χ1) is 11.3. The summed E-state index contributed by atoms with van der Waals surface area (Å²) in [6.07, 6.45) is 0.280. The number of ketones is 2. The maximum atomic E-state index is 13.0. The van der Waals surface area contributed by atoms with Crippen molar-refractivity contribution in [3.8, 4) is 0 Å². The Hall–Kier alpha value is -0.980. The van der Waals surface area contributed by atoms with Crippen LogP contribution in [0.25, 0.3) is 0 Å². The van der Waals surface area contributed by atoms with Gasteiger partial charge in [-0.2, -0.15) is 24.9 Å². The molecule has 0 aromatic heterocycles. The highest BCUT2D eigenvalue weighted by Crippen LogP contribution is 2.44. The van der Waals surface area contributed by atoms with Crippen molar-refractivity contribution in [3.63, 3.8) is 0 Å². The standard InChI is InChI=1S/C17H23F3O3S/c1-3-23-9-13(15(21)10-4-5-10)16(22)12-7-6-11(17(18,19)20)8-14(12)24-2/h9-12,14H,3-8H2,1-2H3. The highest BCUT2D eigenvalue weighted by atomic mass is 32.2. The van der Waals surface area contributed by atoms with Gasteiger partial charge in [-0.1, -0.05) is 0 Å². The minimum absolute atomic E-state index is 0.0360. The average molecular weight is 364 g/mol. The third-order valence-electron chi connectivity index (χ3n) is 4.74. The second-order valence-electron chi connectivity index (χ2n) is 6.42. The third-order valence-corrected chi connectivity index (χ3v) is 5.87. The van der Waals surface area contributed by atoms with E-state index in [9.17, 15) is 22.8 Å². The van der Waals surface area contributed by atoms with E-state index in [1.54, 1.807) is 13.2 Å². The summed E-state index contributed by atoms with van der Waals surface area (Å²) in [5.74, 6) is -2.60. The van der Waals surface area contributed by atoms with Gasteiger partial charge in [-0.05, 0) is 45.3 Å². The van der Waals surface area contributed by atoms with E-state index in [1.165, 1.54) is 18.0 Å². The van der Waals surface area contributed by atoms with Crippen molar-refractivity contribution in [2.45, 2.75) is 50.5 Å². The molecule has 0 spiro atoms. The van der Waals surface area contributed by atoms with Gasteiger partial charge >= 0.3 is 6.18 Å². The number of halogens is 3. The lowest BCUT2D eigenvalue weighted by molar-refractivity contribution is -0.183. The number of alkyl halides is 3. The highest BCUT2D eigenvalue weighted by Gasteiger charge is 2.47. The molecular weight excluding hydrogens is 341 g/mol. The minimum atomic E-state index is -4.23. The van der Waals surface area contributed by atoms with E-state index in [0.717, 1.165) is 12.8 Å². The number of hydrogen-bond acceptors (Lipinski definition) is 4. The fourth-order valence-corrected chi connectivity index (χ4v) is 4.17. The number of allylic oxidation sites excluding steroid dienone is 1. The summed E-state index contributed by atoms with van der Waals surface area (Å²) in [5.41, 5.74) is 0.0360. The van der Waals surface area contributed by atoms with Crippen molar-refractivity contribution in [3.05, 3.63) is 11.8 Å². The number of ether oxygens (including phenoxy) is 1. The van der Waals surface area contributed by atoms with Crippen LogP contribution in [0.4, 0.5) is 13.2 Å². The quantitative estimate of drug-likeness (QED) is 0.294. The first kappa shape index (κ1) is 19.3. The Morgan fingerprint density at radius 2 is 1.83 bits per heavy atom. The molecule has 0 amide bonds. The monoisotopic (exact) mass is 364 g/mol. The smallest absolute Gasteiger partial charge is 0.391 e. The molecule has 0 aromatic carbocycles. The van der Waals surface area contributed by atoms with Gasteiger partial charge in [0.05, 0.1) is 24.4 Å². The van der Waals surface area contributed by atoms with Gasteiger partial charge in [-0.15, -0.1) is 0 Å². The van der Waals surface area contributed by atoms with Crippen LogP contribution in [-0.4, -0.2) is 35.9 Å². The van der Waals surface area contributed by atoms with Crippen LogP contribution in [-0.2, 0) is 14.3 Å². The van der Waals surface area contributed by atoms with E-state index in [1.807, 2.05) is 0 Å². The fraction of sp³-hybridized carbons (Fsp3) is 0.765. The van der Waals surface area contributed by atoms with Gasteiger partial charge in [0.25, 0.3) is 0 Å². The topological polar surface area (TPSA) is 43.4 Å². The van der Waals surface area contributed by atoms with Gasteiger partial charge in [0.2, 0.25) is 0 Å². The zero-order valence-corrected chi connectivity index (χ0v) is 14.7. The van der Waals surface area contributed by atoms with E-state index >= 15 is 0 Å². The third kappa shape index (κ3) is 4.55. The van der Waals surface area contributed by atoms with Crippen molar-refractivity contribution in [2.75, 3.05) is 12.9 Å². The maximum Gasteiger partial charge on any atom is 0.391 e. The Morgan fingerprint density at radius 3 is 2.33 bits per heavy atom. The molecule has 0 saturated heterocycles. The van der Waals surface area contributed by atoms with Gasteiger partial charge < -0.3 is 4.74 Å². The van der Waals surface area contributed by atoms with Crippen LogP contribution in [0.15, 0.2) is 11.8 Å². The van der Waals surface area contributed by atoms with Gasteiger partial charge in [0.15, 0.2) is 11.6 Å². The Labute approximate surface area is 144 Å². The Bertz CT molecular complexity index is 512. The van der Waals surface area contributed by atoms with Crippen molar-refractivity contribution in [1.82, 2.24) is 0 Å². The molecule has 2 saturated carbocycles. The van der Waals surface area contributed by atoms with Gasteiger partial charge in [0, 0.05) is 17.1 Å². The lowest BCUT2D eigenvalue weighted by Gasteiger charge is -2.35. The van der Waals surface area contributed by atoms with E-state index in [0.29, 0.717) is 6.61 Å². The van der Waals surface area contributed by atoms with E-state index in [-0.39, 0.29) is 42.3 Å². The molecule has 0 heterocycles. The van der Waals surface area contributed by atoms with E-state index in [2.05, 4.69) is 0 Å². The molecule has 0 aliphatic heterocycles. The zero-order valence-electron chi connectivity index (χ0n) is 13.9. The van der Waals surface area contributed by atoms with Gasteiger partial charge in [-0.25, -0.2) is 0 Å². The second kappa shape index (κ2) is 7.93. The lowest BCUT2D eigenvalue weighted by Crippen LogP contribution is -2.39. The van der Waals surface area contributed by atoms with E-state index in [4.69, 9.17) is 4.74 Å². The van der Waals surface area contributed by atoms with Crippen LogP contribution < -0.4 is 0 Å². The Kier molecular flexibility index (Phi) is 6.39. The Balaban J connectivity index is 2.15. The molecule has 0 N–H and O–H groups in total. The second-order valence-corrected chi connectivity index (χ2v) is 7.50. The van der Waals surface area contributed by atoms with Crippen LogP contribution in [0.2, 0.25) is 0 Å². The average Bonchev–Trinajstić information content (AvgIpc) is 3.38. The molecule has 2 aliphatic rings. The molecule has 136 valence electrons.